The molecule has 0 aromatic carbocycles. The molecule has 18 heavy (non-hydrogen) atoms. The lowest BCUT2D eigenvalue weighted by Crippen LogP contribution is -2.09. The zero-order valence-electron chi connectivity index (χ0n) is 9.44. The minimum absolute atomic E-state index is 0.0563. The zero-order chi connectivity index (χ0) is 13.2. The third-order valence-electron chi connectivity index (χ3n) is 2.70. The second kappa shape index (κ2) is 5.21. The molecule has 1 aliphatic rings. The molecule has 5 nitrogen and oxygen atoms in total. The van der Waals surface area contributed by atoms with Gasteiger partial charge in [0.05, 0.1) is 11.5 Å². The molecule has 1 fully saturated rings. The van der Waals surface area contributed by atoms with Crippen LogP contribution in [0.3, 0.4) is 0 Å². The third kappa shape index (κ3) is 3.41. The largest absolute Gasteiger partial charge is 0.481 e. The van der Waals surface area contributed by atoms with Crippen LogP contribution in [0.2, 0.25) is 0 Å². The second-order valence-electron chi connectivity index (χ2n) is 4.23. The van der Waals surface area contributed by atoms with Crippen LogP contribution in [-0.4, -0.2) is 32.9 Å². The van der Waals surface area contributed by atoms with Gasteiger partial charge in [0.25, 0.3) is 0 Å². The van der Waals surface area contributed by atoms with E-state index in [1.54, 1.807) is 0 Å². The Morgan fingerprint density at radius 3 is 3.00 bits per heavy atom. The van der Waals surface area contributed by atoms with Crippen LogP contribution in [0.15, 0.2) is 4.52 Å². The number of aromatic nitrogens is 2. The molecule has 1 atom stereocenters. The number of halogens is 2. The number of rotatable bonds is 5. The molecule has 1 aliphatic carbocycles. The van der Waals surface area contributed by atoms with Crippen LogP contribution in [0.4, 0.5) is 8.78 Å². The Bertz CT molecular complexity index is 439. The molecule has 100 valence electrons. The summed E-state index contributed by atoms with van der Waals surface area (Å²) in [5.41, 5.74) is 0. The van der Waals surface area contributed by atoms with E-state index in [1.165, 1.54) is 0 Å². The van der Waals surface area contributed by atoms with Crippen LogP contribution in [0.5, 0.6) is 0 Å². The number of aliphatic carboxylic acids is 1. The predicted octanol–water partition coefficient (Wildman–Crippen LogP) is 2.29. The summed E-state index contributed by atoms with van der Waals surface area (Å²) in [7, 11) is 0. The van der Waals surface area contributed by atoms with Crippen molar-refractivity contribution in [3.63, 3.8) is 0 Å². The van der Waals surface area contributed by atoms with Gasteiger partial charge in [-0.25, -0.2) is 8.78 Å². The lowest BCUT2D eigenvalue weighted by Gasteiger charge is -2.06. The number of nitrogens with zero attached hydrogens (tertiary/aromatic N) is 2. The van der Waals surface area contributed by atoms with Crippen molar-refractivity contribution >= 4 is 17.7 Å². The maximum atomic E-state index is 13.0. The molecular weight excluding hydrogens is 266 g/mol. The van der Waals surface area contributed by atoms with E-state index in [4.69, 9.17) is 9.63 Å². The highest BCUT2D eigenvalue weighted by Crippen LogP contribution is 2.43. The van der Waals surface area contributed by atoms with Crippen LogP contribution >= 0.6 is 11.8 Å². The normalized spacial score (nSPS) is 22.2. The molecule has 0 amide bonds. The van der Waals surface area contributed by atoms with Gasteiger partial charge in [-0.1, -0.05) is 5.16 Å². The van der Waals surface area contributed by atoms with E-state index in [-0.39, 0.29) is 36.2 Å². The van der Waals surface area contributed by atoms with Gasteiger partial charge in [-0.15, -0.1) is 11.8 Å². The quantitative estimate of drug-likeness (QED) is 0.890. The first kappa shape index (κ1) is 13.3. The molecule has 1 heterocycles. The SMILES string of the molecule is O=C(O)CSCc1nc(C2CCC(F)(F)C2)no1. The van der Waals surface area contributed by atoms with E-state index in [9.17, 15) is 13.6 Å². The van der Waals surface area contributed by atoms with Crippen LogP contribution in [0.25, 0.3) is 0 Å². The molecule has 0 spiro atoms. The molecule has 0 aliphatic heterocycles. The fourth-order valence-corrected chi connectivity index (χ4v) is 2.46. The highest BCUT2D eigenvalue weighted by molar-refractivity contribution is 7.99. The van der Waals surface area contributed by atoms with Crippen LogP contribution < -0.4 is 0 Å². The molecule has 1 aromatic rings. The lowest BCUT2D eigenvalue weighted by atomic mass is 10.1. The van der Waals surface area contributed by atoms with Crippen molar-refractivity contribution in [1.82, 2.24) is 10.1 Å². The molecule has 1 saturated carbocycles. The Labute approximate surface area is 106 Å². The van der Waals surface area contributed by atoms with Gasteiger partial charge < -0.3 is 9.63 Å². The Morgan fingerprint density at radius 2 is 2.39 bits per heavy atom. The van der Waals surface area contributed by atoms with Gasteiger partial charge in [-0.3, -0.25) is 4.79 Å². The van der Waals surface area contributed by atoms with Crippen molar-refractivity contribution in [3.05, 3.63) is 11.7 Å². The van der Waals surface area contributed by atoms with Crippen molar-refractivity contribution in [3.8, 4) is 0 Å². The van der Waals surface area contributed by atoms with E-state index in [2.05, 4.69) is 10.1 Å². The van der Waals surface area contributed by atoms with Crippen LogP contribution in [0.1, 0.15) is 36.9 Å². The van der Waals surface area contributed by atoms with Gasteiger partial charge >= 0.3 is 5.97 Å². The first-order valence-electron chi connectivity index (χ1n) is 5.46. The number of carbonyl (C=O) groups is 1. The van der Waals surface area contributed by atoms with E-state index in [0.29, 0.717) is 12.2 Å². The monoisotopic (exact) mass is 278 g/mol. The number of thioether (sulfide) groups is 1. The Morgan fingerprint density at radius 1 is 1.61 bits per heavy atom. The van der Waals surface area contributed by atoms with E-state index < -0.39 is 11.9 Å². The average Bonchev–Trinajstić information content (AvgIpc) is 2.84. The molecule has 0 saturated heterocycles. The van der Waals surface area contributed by atoms with Gasteiger partial charge in [0, 0.05) is 18.8 Å². The summed E-state index contributed by atoms with van der Waals surface area (Å²) in [6, 6.07) is 0. The van der Waals surface area contributed by atoms with E-state index in [1.807, 2.05) is 0 Å². The molecule has 1 unspecified atom stereocenters. The van der Waals surface area contributed by atoms with Crippen LogP contribution in [-0.2, 0) is 10.5 Å². The van der Waals surface area contributed by atoms with E-state index >= 15 is 0 Å². The van der Waals surface area contributed by atoms with Gasteiger partial charge in [0.2, 0.25) is 11.8 Å². The van der Waals surface area contributed by atoms with Crippen molar-refractivity contribution in [1.29, 1.82) is 0 Å². The standard InChI is InChI=1S/C10H12F2N2O3S/c11-10(12)2-1-6(3-10)9-13-7(17-14-9)4-18-5-8(15)16/h6H,1-5H2,(H,15,16). The third-order valence-corrected chi connectivity index (χ3v) is 3.61. The van der Waals surface area contributed by atoms with Crippen molar-refractivity contribution in [2.45, 2.75) is 36.9 Å². The molecule has 0 radical (unpaired) electrons. The summed E-state index contributed by atoms with van der Waals surface area (Å²) in [6.07, 6.45) is -0.0300. The van der Waals surface area contributed by atoms with E-state index in [0.717, 1.165) is 11.8 Å². The minimum Gasteiger partial charge on any atom is -0.481 e. The number of carboxylic acids is 1. The molecule has 2 rings (SSSR count). The van der Waals surface area contributed by atoms with Gasteiger partial charge in [-0.2, -0.15) is 4.98 Å². The Hall–Kier alpha value is -1.18. The molecule has 0 bridgehead atoms. The predicted molar refractivity (Wildman–Crippen MR) is 59.6 cm³/mol. The lowest BCUT2D eigenvalue weighted by molar-refractivity contribution is -0.133. The van der Waals surface area contributed by atoms with Crippen LogP contribution in [0, 0.1) is 0 Å². The highest BCUT2D eigenvalue weighted by Gasteiger charge is 2.41. The first-order chi connectivity index (χ1) is 8.46. The fourth-order valence-electron chi connectivity index (χ4n) is 1.89. The van der Waals surface area contributed by atoms with Crippen molar-refractivity contribution in [2.75, 3.05) is 5.75 Å². The topological polar surface area (TPSA) is 76.2 Å². The molecular formula is C10H12F2N2O3S. The number of hydrogen-bond acceptors (Lipinski definition) is 5. The van der Waals surface area contributed by atoms with Gasteiger partial charge in [0.15, 0.2) is 5.82 Å². The average molecular weight is 278 g/mol. The highest BCUT2D eigenvalue weighted by atomic mass is 32.2. The first-order valence-corrected chi connectivity index (χ1v) is 6.61. The number of carboxylic acid groups (broad SMARTS) is 1. The Kier molecular flexibility index (Phi) is 3.84. The maximum Gasteiger partial charge on any atom is 0.313 e. The molecule has 1 N–H and O–H groups in total. The summed E-state index contributed by atoms with van der Waals surface area (Å²) in [6.45, 7) is 0. The van der Waals surface area contributed by atoms with Crippen molar-refractivity contribution < 1.29 is 23.2 Å². The maximum absolute atomic E-state index is 13.0. The Balaban J connectivity index is 1.88. The summed E-state index contributed by atoms with van der Waals surface area (Å²) in [5.74, 6) is -3.10. The van der Waals surface area contributed by atoms with Gasteiger partial charge in [-0.05, 0) is 6.42 Å². The zero-order valence-corrected chi connectivity index (χ0v) is 10.3. The smallest absolute Gasteiger partial charge is 0.313 e. The minimum atomic E-state index is -2.64. The second-order valence-corrected chi connectivity index (χ2v) is 5.21. The summed E-state index contributed by atoms with van der Waals surface area (Å²) >= 11 is 1.13. The fraction of sp³-hybridized carbons (Fsp3) is 0.700. The van der Waals surface area contributed by atoms with Crippen molar-refractivity contribution in [2.24, 2.45) is 0 Å². The number of alkyl halides is 2. The van der Waals surface area contributed by atoms with Gasteiger partial charge in [0.1, 0.15) is 0 Å². The molecule has 1 aromatic heterocycles. The summed E-state index contributed by atoms with van der Waals surface area (Å²) in [4.78, 5) is 14.3. The number of hydrogen-bond donors (Lipinski definition) is 1. The summed E-state index contributed by atoms with van der Waals surface area (Å²) < 4.78 is 31.0. The summed E-state index contributed by atoms with van der Waals surface area (Å²) in [5, 5.41) is 12.1. The molecule has 8 heteroatoms.